The van der Waals surface area contributed by atoms with Crippen LogP contribution in [0.5, 0.6) is 5.75 Å². The first-order valence-electron chi connectivity index (χ1n) is 9.45. The summed E-state index contributed by atoms with van der Waals surface area (Å²) in [5.41, 5.74) is 0.839. The van der Waals surface area contributed by atoms with Crippen molar-refractivity contribution in [3.63, 3.8) is 0 Å². The molecule has 0 atom stereocenters. The molecule has 0 saturated heterocycles. The van der Waals surface area contributed by atoms with Crippen molar-refractivity contribution in [1.82, 2.24) is 0 Å². The van der Waals surface area contributed by atoms with Gasteiger partial charge in [0.1, 0.15) is 0 Å². The van der Waals surface area contributed by atoms with E-state index in [0.717, 1.165) is 32.1 Å². The summed E-state index contributed by atoms with van der Waals surface area (Å²) in [6, 6.07) is 7.42. The fourth-order valence-electron chi connectivity index (χ4n) is 3.93. The predicted molar refractivity (Wildman–Crippen MR) is 97.9 cm³/mol. The third-order valence-corrected chi connectivity index (χ3v) is 5.52. The first-order valence-corrected chi connectivity index (χ1v) is 9.45. The summed E-state index contributed by atoms with van der Waals surface area (Å²) < 4.78 is 48.6. The minimum absolute atomic E-state index is 0.0680. The van der Waals surface area contributed by atoms with Gasteiger partial charge in [0, 0.05) is 5.56 Å². The maximum Gasteiger partial charge on any atom is 0.166 e. The summed E-state index contributed by atoms with van der Waals surface area (Å²) in [6.07, 6.45) is 5.06. The van der Waals surface area contributed by atoms with E-state index in [1.54, 1.807) is 25.1 Å². The SMILES string of the molecule is CCOc1ccc(-c2ccc(C3CCC(CC)CC3)c(F)c2F)cc1F. The van der Waals surface area contributed by atoms with Crippen molar-refractivity contribution in [2.75, 3.05) is 6.61 Å². The van der Waals surface area contributed by atoms with Crippen molar-refractivity contribution in [2.24, 2.45) is 5.92 Å². The molecule has 2 aromatic rings. The lowest BCUT2D eigenvalue weighted by Gasteiger charge is -2.28. The molecule has 0 unspecified atom stereocenters. The maximum absolute atomic E-state index is 14.7. The van der Waals surface area contributed by atoms with Crippen molar-refractivity contribution >= 4 is 0 Å². The lowest BCUT2D eigenvalue weighted by molar-refractivity contribution is 0.312. The molecule has 1 nitrogen and oxygen atoms in total. The molecule has 0 bridgehead atoms. The lowest BCUT2D eigenvalue weighted by atomic mass is 9.77. The van der Waals surface area contributed by atoms with E-state index >= 15 is 0 Å². The average molecular weight is 362 g/mol. The number of benzene rings is 2. The summed E-state index contributed by atoms with van der Waals surface area (Å²) in [7, 11) is 0. The van der Waals surface area contributed by atoms with Gasteiger partial charge >= 0.3 is 0 Å². The molecular weight excluding hydrogens is 337 g/mol. The van der Waals surface area contributed by atoms with Crippen molar-refractivity contribution in [3.8, 4) is 16.9 Å². The van der Waals surface area contributed by atoms with Crippen LogP contribution in [0.4, 0.5) is 13.2 Å². The standard InChI is InChI=1S/C22H25F3O/c1-3-14-5-7-15(8-6-14)17-10-11-18(22(25)21(17)24)16-9-12-20(26-4-2)19(23)13-16/h9-15H,3-8H2,1-2H3. The third kappa shape index (κ3) is 3.74. The van der Waals surface area contributed by atoms with Crippen LogP contribution in [0, 0.1) is 23.4 Å². The molecule has 0 aliphatic heterocycles. The second kappa shape index (κ2) is 8.15. The Morgan fingerprint density at radius 2 is 1.65 bits per heavy atom. The van der Waals surface area contributed by atoms with Crippen molar-refractivity contribution in [2.45, 2.75) is 51.9 Å². The van der Waals surface area contributed by atoms with Crippen LogP contribution in [-0.2, 0) is 0 Å². The number of rotatable bonds is 5. The molecule has 2 aromatic carbocycles. The molecule has 0 spiro atoms. The minimum Gasteiger partial charge on any atom is -0.491 e. The molecular formula is C22H25F3O. The monoisotopic (exact) mass is 362 g/mol. The van der Waals surface area contributed by atoms with E-state index in [-0.39, 0.29) is 17.2 Å². The van der Waals surface area contributed by atoms with Crippen molar-refractivity contribution < 1.29 is 17.9 Å². The zero-order valence-electron chi connectivity index (χ0n) is 15.3. The quantitative estimate of drug-likeness (QED) is 0.565. The number of hydrogen-bond acceptors (Lipinski definition) is 1. The van der Waals surface area contributed by atoms with Gasteiger partial charge in [-0.3, -0.25) is 0 Å². The van der Waals surface area contributed by atoms with Crippen LogP contribution in [0.1, 0.15) is 57.4 Å². The second-order valence-corrected chi connectivity index (χ2v) is 7.03. The van der Waals surface area contributed by atoms with Gasteiger partial charge in [-0.1, -0.05) is 31.5 Å². The summed E-state index contributed by atoms with van der Waals surface area (Å²) >= 11 is 0. The van der Waals surface area contributed by atoms with E-state index in [0.29, 0.717) is 23.7 Å². The highest BCUT2D eigenvalue weighted by atomic mass is 19.2. The van der Waals surface area contributed by atoms with Crippen LogP contribution in [0.25, 0.3) is 11.1 Å². The van der Waals surface area contributed by atoms with Gasteiger partial charge in [0.25, 0.3) is 0 Å². The van der Waals surface area contributed by atoms with Crippen LogP contribution < -0.4 is 4.74 Å². The van der Waals surface area contributed by atoms with Gasteiger partial charge in [0.15, 0.2) is 23.2 Å². The maximum atomic E-state index is 14.7. The molecule has 0 heterocycles. The van der Waals surface area contributed by atoms with Gasteiger partial charge in [-0.2, -0.15) is 0 Å². The van der Waals surface area contributed by atoms with Crippen LogP contribution in [0.15, 0.2) is 30.3 Å². The Morgan fingerprint density at radius 3 is 2.27 bits per heavy atom. The van der Waals surface area contributed by atoms with E-state index < -0.39 is 17.5 Å². The van der Waals surface area contributed by atoms with E-state index in [1.165, 1.54) is 12.1 Å². The molecule has 0 N–H and O–H groups in total. The van der Waals surface area contributed by atoms with E-state index in [4.69, 9.17) is 4.74 Å². The van der Waals surface area contributed by atoms with Crippen molar-refractivity contribution in [3.05, 3.63) is 53.3 Å². The molecule has 1 aliphatic rings. The molecule has 3 rings (SSSR count). The summed E-state index contributed by atoms with van der Waals surface area (Å²) in [6.45, 7) is 4.28. The zero-order valence-corrected chi connectivity index (χ0v) is 15.3. The molecule has 140 valence electrons. The average Bonchev–Trinajstić information content (AvgIpc) is 2.66. The van der Waals surface area contributed by atoms with Crippen LogP contribution >= 0.6 is 0 Å². The fraction of sp³-hybridized carbons (Fsp3) is 0.455. The zero-order chi connectivity index (χ0) is 18.7. The Morgan fingerprint density at radius 1 is 0.923 bits per heavy atom. The van der Waals surface area contributed by atoms with Gasteiger partial charge in [0.05, 0.1) is 6.61 Å². The highest BCUT2D eigenvalue weighted by Gasteiger charge is 2.26. The molecule has 26 heavy (non-hydrogen) atoms. The smallest absolute Gasteiger partial charge is 0.166 e. The third-order valence-electron chi connectivity index (χ3n) is 5.52. The normalized spacial score (nSPS) is 20.2. The minimum atomic E-state index is -0.899. The molecule has 0 amide bonds. The summed E-state index contributed by atoms with van der Waals surface area (Å²) in [5.74, 6) is -1.39. The van der Waals surface area contributed by atoms with Gasteiger partial charge < -0.3 is 4.74 Å². The van der Waals surface area contributed by atoms with E-state index in [9.17, 15) is 13.2 Å². The Bertz CT molecular complexity index is 764. The molecule has 0 radical (unpaired) electrons. The topological polar surface area (TPSA) is 9.23 Å². The van der Waals surface area contributed by atoms with E-state index in [2.05, 4.69) is 6.92 Å². The van der Waals surface area contributed by atoms with E-state index in [1.807, 2.05) is 0 Å². The molecule has 1 saturated carbocycles. The first kappa shape index (κ1) is 18.8. The molecule has 1 aliphatic carbocycles. The lowest BCUT2D eigenvalue weighted by Crippen LogP contribution is -2.14. The summed E-state index contributed by atoms with van der Waals surface area (Å²) in [4.78, 5) is 0. The Hall–Kier alpha value is -1.97. The van der Waals surface area contributed by atoms with Crippen molar-refractivity contribution in [1.29, 1.82) is 0 Å². The second-order valence-electron chi connectivity index (χ2n) is 7.03. The number of hydrogen-bond donors (Lipinski definition) is 0. The van der Waals surface area contributed by atoms with Gasteiger partial charge in [-0.05, 0) is 67.7 Å². The summed E-state index contributed by atoms with van der Waals surface area (Å²) in [5, 5.41) is 0. The number of halogens is 3. The number of ether oxygens (including phenoxy) is 1. The van der Waals surface area contributed by atoms with Gasteiger partial charge in [0.2, 0.25) is 0 Å². The molecule has 0 aromatic heterocycles. The largest absolute Gasteiger partial charge is 0.491 e. The van der Waals surface area contributed by atoms with Gasteiger partial charge in [-0.15, -0.1) is 0 Å². The van der Waals surface area contributed by atoms with Gasteiger partial charge in [-0.25, -0.2) is 13.2 Å². The fourth-order valence-corrected chi connectivity index (χ4v) is 3.93. The van der Waals surface area contributed by atoms with Crippen LogP contribution in [0.3, 0.4) is 0 Å². The molecule has 1 fully saturated rings. The Balaban J connectivity index is 1.87. The highest BCUT2D eigenvalue weighted by molar-refractivity contribution is 5.66. The Kier molecular flexibility index (Phi) is 5.90. The first-order chi connectivity index (χ1) is 12.5. The van der Waals surface area contributed by atoms with Crippen LogP contribution in [0.2, 0.25) is 0 Å². The Labute approximate surface area is 153 Å². The predicted octanol–water partition coefficient (Wildman–Crippen LogP) is 6.85. The van der Waals surface area contributed by atoms with Crippen LogP contribution in [-0.4, -0.2) is 6.61 Å². The molecule has 4 heteroatoms. The highest BCUT2D eigenvalue weighted by Crippen LogP contribution is 2.40.